The fourth-order valence-corrected chi connectivity index (χ4v) is 2.89. The lowest BCUT2D eigenvalue weighted by atomic mass is 10.1. The first-order valence-corrected chi connectivity index (χ1v) is 7.17. The number of benzene rings is 1. The summed E-state index contributed by atoms with van der Waals surface area (Å²) in [5.41, 5.74) is 0.559. The SMILES string of the molecule is COc1cc(C(=O)NC2CCCC2)cc(OC)c1Br. The number of hydrogen-bond donors (Lipinski definition) is 1. The second kappa shape index (κ2) is 6.28. The normalized spacial score (nSPS) is 15.3. The Hall–Kier alpha value is -1.23. The average Bonchev–Trinajstić information content (AvgIpc) is 2.91. The van der Waals surface area contributed by atoms with Gasteiger partial charge >= 0.3 is 0 Å². The molecular formula is C14H18BrNO3. The molecule has 1 saturated carbocycles. The van der Waals surface area contributed by atoms with Gasteiger partial charge in [0, 0.05) is 11.6 Å². The van der Waals surface area contributed by atoms with E-state index in [1.54, 1.807) is 26.4 Å². The molecule has 1 fully saturated rings. The van der Waals surface area contributed by atoms with Crippen molar-refractivity contribution in [2.45, 2.75) is 31.7 Å². The minimum absolute atomic E-state index is 0.0731. The van der Waals surface area contributed by atoms with Gasteiger partial charge < -0.3 is 14.8 Å². The highest BCUT2D eigenvalue weighted by Gasteiger charge is 2.20. The molecule has 0 heterocycles. The van der Waals surface area contributed by atoms with Crippen molar-refractivity contribution in [3.63, 3.8) is 0 Å². The number of hydrogen-bond acceptors (Lipinski definition) is 3. The first-order valence-electron chi connectivity index (χ1n) is 6.38. The lowest BCUT2D eigenvalue weighted by Gasteiger charge is -2.14. The van der Waals surface area contributed by atoms with Crippen molar-refractivity contribution >= 4 is 21.8 Å². The van der Waals surface area contributed by atoms with Crippen LogP contribution in [0.5, 0.6) is 11.5 Å². The van der Waals surface area contributed by atoms with Crippen LogP contribution in [-0.4, -0.2) is 26.2 Å². The molecule has 1 aromatic carbocycles. The molecule has 104 valence electrons. The molecule has 1 N–H and O–H groups in total. The minimum Gasteiger partial charge on any atom is -0.495 e. The lowest BCUT2D eigenvalue weighted by molar-refractivity contribution is 0.0937. The van der Waals surface area contributed by atoms with Crippen molar-refractivity contribution in [3.8, 4) is 11.5 Å². The number of amides is 1. The van der Waals surface area contributed by atoms with Crippen molar-refractivity contribution in [1.29, 1.82) is 0 Å². The molecule has 1 aliphatic carbocycles. The Kier molecular flexibility index (Phi) is 4.69. The van der Waals surface area contributed by atoms with Crippen LogP contribution < -0.4 is 14.8 Å². The molecule has 19 heavy (non-hydrogen) atoms. The molecule has 1 aliphatic rings. The van der Waals surface area contributed by atoms with Gasteiger partial charge in [0.25, 0.3) is 5.91 Å². The van der Waals surface area contributed by atoms with Crippen LogP contribution in [0.3, 0.4) is 0 Å². The largest absolute Gasteiger partial charge is 0.495 e. The first kappa shape index (κ1) is 14.2. The highest BCUT2D eigenvalue weighted by Crippen LogP contribution is 2.35. The number of rotatable bonds is 4. The van der Waals surface area contributed by atoms with Crippen LogP contribution in [0.1, 0.15) is 36.0 Å². The molecule has 0 bridgehead atoms. The molecule has 5 heteroatoms. The maximum atomic E-state index is 12.2. The lowest BCUT2D eigenvalue weighted by Crippen LogP contribution is -2.32. The highest BCUT2D eigenvalue weighted by molar-refractivity contribution is 9.10. The maximum Gasteiger partial charge on any atom is 0.251 e. The van der Waals surface area contributed by atoms with Crippen molar-refractivity contribution < 1.29 is 14.3 Å². The Morgan fingerprint density at radius 1 is 1.21 bits per heavy atom. The van der Waals surface area contributed by atoms with E-state index in [2.05, 4.69) is 21.2 Å². The summed E-state index contributed by atoms with van der Waals surface area (Å²) in [5, 5.41) is 3.05. The topological polar surface area (TPSA) is 47.6 Å². The van der Waals surface area contributed by atoms with E-state index in [0.29, 0.717) is 23.1 Å². The summed E-state index contributed by atoms with van der Waals surface area (Å²) in [6.45, 7) is 0. The number of carbonyl (C=O) groups excluding carboxylic acids is 1. The van der Waals surface area contributed by atoms with Crippen LogP contribution >= 0.6 is 15.9 Å². The van der Waals surface area contributed by atoms with Gasteiger partial charge in [0.1, 0.15) is 16.0 Å². The summed E-state index contributed by atoms with van der Waals surface area (Å²) in [6.07, 6.45) is 4.52. The summed E-state index contributed by atoms with van der Waals surface area (Å²) >= 11 is 3.39. The number of carbonyl (C=O) groups is 1. The summed E-state index contributed by atoms with van der Waals surface area (Å²) in [5.74, 6) is 1.11. The van der Waals surface area contributed by atoms with Gasteiger partial charge in [-0.3, -0.25) is 4.79 Å². The molecule has 0 radical (unpaired) electrons. The molecule has 4 nitrogen and oxygen atoms in total. The second-order valence-electron chi connectivity index (χ2n) is 4.65. The average molecular weight is 328 g/mol. The van der Waals surface area contributed by atoms with E-state index in [0.717, 1.165) is 17.3 Å². The molecule has 0 unspecified atom stereocenters. The summed E-state index contributed by atoms with van der Waals surface area (Å²) in [4.78, 5) is 12.2. The van der Waals surface area contributed by atoms with E-state index in [-0.39, 0.29) is 5.91 Å². The van der Waals surface area contributed by atoms with E-state index in [1.165, 1.54) is 12.8 Å². The standard InChI is InChI=1S/C14H18BrNO3/c1-18-11-7-9(8-12(19-2)13(11)15)14(17)16-10-5-3-4-6-10/h7-8,10H,3-6H2,1-2H3,(H,16,17). The van der Waals surface area contributed by atoms with Gasteiger partial charge in [-0.1, -0.05) is 12.8 Å². The van der Waals surface area contributed by atoms with E-state index < -0.39 is 0 Å². The van der Waals surface area contributed by atoms with Gasteiger partial charge in [0.2, 0.25) is 0 Å². The predicted molar refractivity (Wildman–Crippen MR) is 77.0 cm³/mol. The number of nitrogens with one attached hydrogen (secondary N) is 1. The molecule has 0 saturated heterocycles. The zero-order valence-corrected chi connectivity index (χ0v) is 12.7. The van der Waals surface area contributed by atoms with Crippen molar-refractivity contribution in [2.75, 3.05) is 14.2 Å². The van der Waals surface area contributed by atoms with E-state index in [4.69, 9.17) is 9.47 Å². The van der Waals surface area contributed by atoms with Gasteiger partial charge in [0.05, 0.1) is 14.2 Å². The minimum atomic E-state index is -0.0731. The predicted octanol–water partition coefficient (Wildman–Crippen LogP) is 3.14. The summed E-state index contributed by atoms with van der Waals surface area (Å²) < 4.78 is 11.2. The van der Waals surface area contributed by atoms with Crippen LogP contribution in [-0.2, 0) is 0 Å². The van der Waals surface area contributed by atoms with Crippen LogP contribution in [0.4, 0.5) is 0 Å². The first-order chi connectivity index (χ1) is 9.15. The molecule has 0 spiro atoms. The van der Waals surface area contributed by atoms with E-state index in [1.807, 2.05) is 0 Å². The molecular weight excluding hydrogens is 310 g/mol. The molecule has 0 atom stereocenters. The van der Waals surface area contributed by atoms with Gasteiger partial charge in [-0.05, 0) is 40.9 Å². The third-order valence-corrected chi connectivity index (χ3v) is 4.18. The van der Waals surface area contributed by atoms with Gasteiger partial charge in [-0.15, -0.1) is 0 Å². The summed E-state index contributed by atoms with van der Waals surface area (Å²) in [7, 11) is 3.14. The fraction of sp³-hybridized carbons (Fsp3) is 0.500. The molecule has 2 rings (SSSR count). The fourth-order valence-electron chi connectivity index (χ4n) is 2.34. The molecule has 1 amide bonds. The number of methoxy groups -OCH3 is 2. The second-order valence-corrected chi connectivity index (χ2v) is 5.44. The zero-order chi connectivity index (χ0) is 13.8. The van der Waals surface area contributed by atoms with Gasteiger partial charge in [-0.25, -0.2) is 0 Å². The van der Waals surface area contributed by atoms with Crippen LogP contribution in [0, 0.1) is 0 Å². The molecule has 1 aromatic rings. The zero-order valence-electron chi connectivity index (χ0n) is 11.2. The Balaban J connectivity index is 2.20. The summed E-state index contributed by atoms with van der Waals surface area (Å²) in [6, 6.07) is 3.74. The van der Waals surface area contributed by atoms with Crippen LogP contribution in [0.2, 0.25) is 0 Å². The maximum absolute atomic E-state index is 12.2. The third-order valence-electron chi connectivity index (χ3n) is 3.40. The molecule has 0 aromatic heterocycles. The Bertz CT molecular complexity index is 445. The van der Waals surface area contributed by atoms with Gasteiger partial charge in [-0.2, -0.15) is 0 Å². The van der Waals surface area contributed by atoms with Gasteiger partial charge in [0.15, 0.2) is 0 Å². The highest BCUT2D eigenvalue weighted by atomic mass is 79.9. The van der Waals surface area contributed by atoms with Crippen molar-refractivity contribution in [3.05, 3.63) is 22.2 Å². The van der Waals surface area contributed by atoms with Crippen molar-refractivity contribution in [2.24, 2.45) is 0 Å². The Morgan fingerprint density at radius 2 is 1.74 bits per heavy atom. The van der Waals surface area contributed by atoms with Crippen LogP contribution in [0.25, 0.3) is 0 Å². The van der Waals surface area contributed by atoms with Crippen LogP contribution in [0.15, 0.2) is 16.6 Å². The Labute approximate surface area is 121 Å². The quantitative estimate of drug-likeness (QED) is 0.924. The van der Waals surface area contributed by atoms with E-state index >= 15 is 0 Å². The number of ether oxygens (including phenoxy) is 2. The monoisotopic (exact) mass is 327 g/mol. The smallest absolute Gasteiger partial charge is 0.251 e. The Morgan fingerprint density at radius 3 is 2.21 bits per heavy atom. The third kappa shape index (κ3) is 3.21. The number of halogens is 1. The van der Waals surface area contributed by atoms with E-state index in [9.17, 15) is 4.79 Å². The molecule has 0 aliphatic heterocycles. The van der Waals surface area contributed by atoms with Crippen molar-refractivity contribution in [1.82, 2.24) is 5.32 Å².